The van der Waals surface area contributed by atoms with E-state index in [9.17, 15) is 4.79 Å². The van der Waals surface area contributed by atoms with Crippen molar-refractivity contribution in [2.75, 3.05) is 5.75 Å². The van der Waals surface area contributed by atoms with Crippen LogP contribution in [0.5, 0.6) is 0 Å². The number of rotatable bonds is 7. The zero-order valence-electron chi connectivity index (χ0n) is 14.0. The first-order valence-corrected chi connectivity index (χ1v) is 8.63. The molecule has 1 rings (SSSR count). The van der Waals surface area contributed by atoms with E-state index < -0.39 is 5.97 Å². The molecule has 0 saturated carbocycles. The van der Waals surface area contributed by atoms with Crippen molar-refractivity contribution < 1.29 is 9.90 Å². The Bertz CT molecular complexity index is 473. The minimum Gasteiger partial charge on any atom is -0.481 e. The number of thioether (sulfide) groups is 1. The van der Waals surface area contributed by atoms with E-state index in [0.717, 1.165) is 18.0 Å². The van der Waals surface area contributed by atoms with Crippen molar-refractivity contribution in [1.82, 2.24) is 9.55 Å². The van der Waals surface area contributed by atoms with Gasteiger partial charge in [0.1, 0.15) is 0 Å². The quantitative estimate of drug-likeness (QED) is 0.760. The number of carboxylic acids is 1. The molecule has 1 N–H and O–H groups in total. The van der Waals surface area contributed by atoms with Crippen LogP contribution >= 0.6 is 11.8 Å². The van der Waals surface area contributed by atoms with E-state index in [1.807, 2.05) is 6.20 Å². The topological polar surface area (TPSA) is 55.1 Å². The van der Waals surface area contributed by atoms with Crippen molar-refractivity contribution in [3.05, 3.63) is 11.9 Å². The van der Waals surface area contributed by atoms with Crippen LogP contribution in [0.25, 0.3) is 0 Å². The van der Waals surface area contributed by atoms with E-state index >= 15 is 0 Å². The predicted octanol–water partition coefficient (Wildman–Crippen LogP) is 4.35. The maximum Gasteiger partial charge on any atom is 0.313 e. The number of nitrogens with zero attached hydrogens (tertiary/aromatic N) is 2. The molecule has 0 aliphatic rings. The third kappa shape index (κ3) is 4.50. The molecule has 0 bridgehead atoms. The van der Waals surface area contributed by atoms with Crippen molar-refractivity contribution in [3.63, 3.8) is 0 Å². The molecule has 0 aromatic carbocycles. The summed E-state index contributed by atoms with van der Waals surface area (Å²) in [5.41, 5.74) is 1.17. The molecule has 21 heavy (non-hydrogen) atoms. The Morgan fingerprint density at radius 2 is 1.95 bits per heavy atom. The lowest BCUT2D eigenvalue weighted by atomic mass is 9.90. The molecule has 0 aliphatic carbocycles. The van der Waals surface area contributed by atoms with Gasteiger partial charge in [0.25, 0.3) is 0 Å². The summed E-state index contributed by atoms with van der Waals surface area (Å²) < 4.78 is 2.26. The third-order valence-corrected chi connectivity index (χ3v) is 4.95. The van der Waals surface area contributed by atoms with Gasteiger partial charge in [0, 0.05) is 23.3 Å². The van der Waals surface area contributed by atoms with Crippen LogP contribution in [0, 0.1) is 5.92 Å². The Kier molecular flexibility index (Phi) is 6.32. The second-order valence-electron chi connectivity index (χ2n) is 6.55. The first-order chi connectivity index (χ1) is 9.72. The smallest absolute Gasteiger partial charge is 0.313 e. The highest BCUT2D eigenvalue weighted by atomic mass is 32.2. The number of hydrogen-bond donors (Lipinski definition) is 1. The summed E-state index contributed by atoms with van der Waals surface area (Å²) in [6.45, 7) is 13.2. The summed E-state index contributed by atoms with van der Waals surface area (Å²) in [5, 5.41) is 9.74. The summed E-state index contributed by atoms with van der Waals surface area (Å²) in [6.07, 6.45) is 4.13. The Labute approximate surface area is 132 Å². The van der Waals surface area contributed by atoms with Crippen molar-refractivity contribution >= 4 is 17.7 Å². The number of aromatic nitrogens is 2. The number of hydrogen-bond acceptors (Lipinski definition) is 3. The SMILES string of the molecule is CCC(CC)C(C)n1c(C(C)(C)C)cnc1SCC(=O)O. The van der Waals surface area contributed by atoms with Crippen LogP contribution in [-0.4, -0.2) is 26.4 Å². The van der Waals surface area contributed by atoms with Crippen molar-refractivity contribution in [1.29, 1.82) is 0 Å². The monoisotopic (exact) mass is 312 g/mol. The van der Waals surface area contributed by atoms with E-state index in [-0.39, 0.29) is 11.2 Å². The van der Waals surface area contributed by atoms with Gasteiger partial charge in [0.05, 0.1) is 5.75 Å². The molecule has 0 spiro atoms. The van der Waals surface area contributed by atoms with Crippen LogP contribution in [0.1, 0.15) is 66.1 Å². The average Bonchev–Trinajstić information content (AvgIpc) is 2.81. The zero-order chi connectivity index (χ0) is 16.2. The number of imidazole rings is 1. The fourth-order valence-electron chi connectivity index (χ4n) is 2.71. The van der Waals surface area contributed by atoms with Crippen LogP contribution in [0.3, 0.4) is 0 Å². The number of carbonyl (C=O) groups is 1. The zero-order valence-corrected chi connectivity index (χ0v) is 14.8. The lowest BCUT2D eigenvalue weighted by molar-refractivity contribution is -0.133. The second kappa shape index (κ2) is 7.34. The van der Waals surface area contributed by atoms with Crippen molar-refractivity contribution in [2.24, 2.45) is 5.92 Å². The molecule has 0 aliphatic heterocycles. The largest absolute Gasteiger partial charge is 0.481 e. The lowest BCUT2D eigenvalue weighted by Crippen LogP contribution is -2.24. The van der Waals surface area contributed by atoms with Crippen molar-refractivity contribution in [3.8, 4) is 0 Å². The molecule has 0 saturated heterocycles. The average molecular weight is 312 g/mol. The maximum absolute atomic E-state index is 10.8. The minimum absolute atomic E-state index is 0.00464. The molecule has 1 atom stereocenters. The molecular formula is C16H28N2O2S. The van der Waals surface area contributed by atoms with Gasteiger partial charge in [0.15, 0.2) is 5.16 Å². The Morgan fingerprint density at radius 1 is 1.38 bits per heavy atom. The van der Waals surface area contributed by atoms with Gasteiger partial charge < -0.3 is 9.67 Å². The molecule has 1 aromatic rings. The first-order valence-electron chi connectivity index (χ1n) is 7.64. The predicted molar refractivity (Wildman–Crippen MR) is 88.1 cm³/mol. The van der Waals surface area contributed by atoms with Crippen LogP contribution in [0.2, 0.25) is 0 Å². The molecule has 0 radical (unpaired) electrons. The Hall–Kier alpha value is -0.970. The van der Waals surface area contributed by atoms with E-state index in [1.54, 1.807) is 0 Å². The van der Waals surface area contributed by atoms with Gasteiger partial charge in [-0.3, -0.25) is 4.79 Å². The van der Waals surface area contributed by atoms with Crippen LogP contribution in [-0.2, 0) is 10.2 Å². The fourth-order valence-corrected chi connectivity index (χ4v) is 3.49. The van der Waals surface area contributed by atoms with Gasteiger partial charge in [-0.1, -0.05) is 59.2 Å². The number of carboxylic acid groups (broad SMARTS) is 1. The minimum atomic E-state index is -0.804. The highest BCUT2D eigenvalue weighted by Gasteiger charge is 2.27. The Morgan fingerprint density at radius 3 is 2.38 bits per heavy atom. The summed E-state index contributed by atoms with van der Waals surface area (Å²) in [5.74, 6) is -0.178. The van der Waals surface area contributed by atoms with Gasteiger partial charge in [-0.15, -0.1) is 0 Å². The summed E-state index contributed by atoms with van der Waals surface area (Å²) in [4.78, 5) is 15.3. The van der Waals surface area contributed by atoms with Gasteiger partial charge in [-0.05, 0) is 12.8 Å². The molecule has 0 amide bonds. The Balaban J connectivity index is 3.22. The highest BCUT2D eigenvalue weighted by Crippen LogP contribution is 2.35. The van der Waals surface area contributed by atoms with E-state index in [1.165, 1.54) is 17.5 Å². The van der Waals surface area contributed by atoms with Gasteiger partial charge in [-0.25, -0.2) is 4.98 Å². The van der Waals surface area contributed by atoms with E-state index in [0.29, 0.717) is 12.0 Å². The van der Waals surface area contributed by atoms with Crippen molar-refractivity contribution in [2.45, 2.75) is 71.0 Å². The molecule has 0 fully saturated rings. The van der Waals surface area contributed by atoms with E-state index in [2.05, 4.69) is 51.1 Å². The standard InChI is InChI=1S/C16H28N2O2S/c1-7-12(8-2)11(3)18-13(16(4,5)6)9-17-15(18)21-10-14(19)20/h9,11-12H,7-8,10H2,1-6H3,(H,19,20). The van der Waals surface area contributed by atoms with Gasteiger partial charge >= 0.3 is 5.97 Å². The van der Waals surface area contributed by atoms with Crippen LogP contribution in [0.15, 0.2) is 11.4 Å². The van der Waals surface area contributed by atoms with Gasteiger partial charge in [0.2, 0.25) is 0 Å². The lowest BCUT2D eigenvalue weighted by Gasteiger charge is -2.30. The normalized spacial score (nSPS) is 13.7. The van der Waals surface area contributed by atoms with E-state index in [4.69, 9.17) is 5.11 Å². The fraction of sp³-hybridized carbons (Fsp3) is 0.750. The first kappa shape index (κ1) is 18.1. The molecule has 4 nitrogen and oxygen atoms in total. The van der Waals surface area contributed by atoms with Crippen LogP contribution < -0.4 is 0 Å². The summed E-state index contributed by atoms with van der Waals surface area (Å²) >= 11 is 1.31. The third-order valence-electron chi connectivity index (χ3n) is 3.99. The summed E-state index contributed by atoms with van der Waals surface area (Å²) in [7, 11) is 0. The molecular weight excluding hydrogens is 284 g/mol. The highest BCUT2D eigenvalue weighted by molar-refractivity contribution is 7.99. The number of aliphatic carboxylic acids is 1. The van der Waals surface area contributed by atoms with Gasteiger partial charge in [-0.2, -0.15) is 0 Å². The maximum atomic E-state index is 10.8. The molecule has 120 valence electrons. The molecule has 1 heterocycles. The molecule has 1 aromatic heterocycles. The second-order valence-corrected chi connectivity index (χ2v) is 7.49. The summed E-state index contributed by atoms with van der Waals surface area (Å²) in [6, 6.07) is 0.327. The van der Waals surface area contributed by atoms with Crippen LogP contribution in [0.4, 0.5) is 0 Å². The molecule has 1 unspecified atom stereocenters. The molecule has 5 heteroatoms.